The number of carbonyl (C=O) groups is 4. The largest absolute Gasteiger partial charge is 0.391 e. The quantitative estimate of drug-likeness (QED) is 0.115. The number of β-amino-alcohol motifs (C(OH)–C–C–N with tert-alkyl or cyclic N) is 1. The van der Waals surface area contributed by atoms with Crippen LogP contribution in [0.5, 0.6) is 0 Å². The van der Waals surface area contributed by atoms with Crippen molar-refractivity contribution in [1.29, 1.82) is 0 Å². The number of thiazole rings is 1. The number of primary amides is 1. The lowest BCUT2D eigenvalue weighted by atomic mass is 9.85. The van der Waals surface area contributed by atoms with Crippen LogP contribution in [-0.2, 0) is 32.0 Å². The van der Waals surface area contributed by atoms with E-state index in [9.17, 15) is 24.3 Å². The van der Waals surface area contributed by atoms with Crippen LogP contribution in [0.25, 0.3) is 10.4 Å². The molecule has 4 atom stereocenters. The third kappa shape index (κ3) is 12.0. The van der Waals surface area contributed by atoms with Crippen LogP contribution in [0.3, 0.4) is 0 Å². The number of aromatic nitrogens is 1. The second kappa shape index (κ2) is 19.1. The van der Waals surface area contributed by atoms with Crippen molar-refractivity contribution < 1.29 is 24.3 Å². The van der Waals surface area contributed by atoms with Crippen LogP contribution < -0.4 is 16.4 Å². The van der Waals surface area contributed by atoms with Gasteiger partial charge in [-0.2, -0.15) is 0 Å². The van der Waals surface area contributed by atoms with Gasteiger partial charge >= 0.3 is 0 Å². The van der Waals surface area contributed by atoms with E-state index in [-0.39, 0.29) is 42.6 Å². The number of rotatable bonds is 18. The number of likely N-dealkylation sites (tertiary alicyclic amines) is 1. The number of aliphatic hydroxyl groups excluding tert-OH is 1. The van der Waals surface area contributed by atoms with Crippen LogP contribution in [0.15, 0.2) is 54.0 Å². The number of nitrogens with zero attached hydrogens (tertiary/aromatic N) is 2. The van der Waals surface area contributed by atoms with Gasteiger partial charge in [0.1, 0.15) is 12.1 Å². The van der Waals surface area contributed by atoms with Crippen molar-refractivity contribution in [2.45, 2.75) is 129 Å². The zero-order valence-electron chi connectivity index (χ0n) is 31.5. The monoisotopic (exact) mass is 731 g/mol. The Kier molecular flexibility index (Phi) is 15.0. The second-order valence-corrected chi connectivity index (χ2v) is 16.1. The summed E-state index contributed by atoms with van der Waals surface area (Å²) >= 11 is 1.59. The van der Waals surface area contributed by atoms with Crippen LogP contribution in [0.1, 0.15) is 114 Å². The van der Waals surface area contributed by atoms with E-state index in [2.05, 4.69) is 39.9 Å². The minimum absolute atomic E-state index is 0.0341. The fraction of sp³-hybridized carbons (Fsp3) is 0.537. The van der Waals surface area contributed by atoms with Crippen LogP contribution >= 0.6 is 11.3 Å². The van der Waals surface area contributed by atoms with Crippen molar-refractivity contribution in [3.05, 3.63) is 76.4 Å². The highest BCUT2D eigenvalue weighted by Crippen LogP contribution is 2.29. The van der Waals surface area contributed by atoms with E-state index in [0.717, 1.165) is 66.6 Å². The molecule has 0 aliphatic carbocycles. The van der Waals surface area contributed by atoms with Gasteiger partial charge in [-0.1, -0.05) is 82.1 Å². The molecule has 2 heterocycles. The Morgan fingerprint density at radius 1 is 0.904 bits per heavy atom. The average Bonchev–Trinajstić information content (AvgIpc) is 3.72. The maximum atomic E-state index is 14.0. The second-order valence-electron chi connectivity index (χ2n) is 15.3. The molecule has 1 aromatic heterocycles. The highest BCUT2D eigenvalue weighted by atomic mass is 32.1. The molecule has 0 bridgehead atoms. The van der Waals surface area contributed by atoms with E-state index in [4.69, 9.17) is 5.73 Å². The molecule has 1 aliphatic rings. The summed E-state index contributed by atoms with van der Waals surface area (Å²) in [6.07, 6.45) is 7.48. The Morgan fingerprint density at radius 2 is 1.50 bits per heavy atom. The number of amides is 4. The van der Waals surface area contributed by atoms with Gasteiger partial charge in [-0.15, -0.1) is 11.3 Å². The van der Waals surface area contributed by atoms with Gasteiger partial charge < -0.3 is 26.4 Å². The first-order valence-electron chi connectivity index (χ1n) is 18.7. The van der Waals surface area contributed by atoms with E-state index < -0.39 is 23.6 Å². The molecule has 0 spiro atoms. The van der Waals surface area contributed by atoms with Crippen LogP contribution in [0.2, 0.25) is 0 Å². The van der Waals surface area contributed by atoms with Crippen LogP contribution in [0, 0.1) is 12.3 Å². The molecular weight excluding hydrogens is 675 g/mol. The summed E-state index contributed by atoms with van der Waals surface area (Å²) in [7, 11) is 0. The normalized spacial score (nSPS) is 17.1. The van der Waals surface area contributed by atoms with Gasteiger partial charge in [0, 0.05) is 25.8 Å². The predicted octanol–water partition coefficient (Wildman–Crippen LogP) is 6.18. The van der Waals surface area contributed by atoms with E-state index in [1.807, 2.05) is 64.4 Å². The van der Waals surface area contributed by atoms with Gasteiger partial charge in [-0.05, 0) is 80.0 Å². The Hall–Kier alpha value is -4.09. The number of unbranched alkanes of at least 4 members (excludes halogenated alkanes) is 4. The summed E-state index contributed by atoms with van der Waals surface area (Å²) in [5.74, 6) is -1.13. The molecule has 0 saturated carbocycles. The van der Waals surface area contributed by atoms with Gasteiger partial charge in [-0.3, -0.25) is 19.2 Å². The molecule has 1 saturated heterocycles. The SMILES string of the molecule is Cc1ncsc1-c1ccc([C@H](C)NC(=O)[C@@H]2C[C@@H](O)CN2C(=O)[C@@H](NC(=O)CCCCc2ccc(CCCCCCC(N)=O)cc2)C(C)(C)C)cc1. The van der Waals surface area contributed by atoms with Crippen LogP contribution in [-0.4, -0.2) is 63.4 Å². The minimum atomic E-state index is -0.850. The zero-order valence-corrected chi connectivity index (χ0v) is 32.3. The van der Waals surface area contributed by atoms with Crippen molar-refractivity contribution in [3.63, 3.8) is 0 Å². The molecule has 52 heavy (non-hydrogen) atoms. The van der Waals surface area contributed by atoms with Crippen molar-refractivity contribution >= 4 is 35.0 Å². The molecule has 3 aromatic rings. The summed E-state index contributed by atoms with van der Waals surface area (Å²) in [6, 6.07) is 14.6. The number of nitrogens with one attached hydrogen (secondary N) is 2. The van der Waals surface area contributed by atoms with Crippen molar-refractivity contribution in [1.82, 2.24) is 20.5 Å². The van der Waals surface area contributed by atoms with E-state index in [0.29, 0.717) is 19.3 Å². The van der Waals surface area contributed by atoms with Gasteiger partial charge in [0.2, 0.25) is 23.6 Å². The predicted molar refractivity (Wildman–Crippen MR) is 206 cm³/mol. The first kappa shape index (κ1) is 40.7. The number of hydrogen-bond donors (Lipinski definition) is 4. The van der Waals surface area contributed by atoms with E-state index in [1.165, 1.54) is 16.0 Å². The highest BCUT2D eigenvalue weighted by Gasteiger charge is 2.44. The molecule has 0 radical (unpaired) electrons. The highest BCUT2D eigenvalue weighted by molar-refractivity contribution is 7.13. The fourth-order valence-electron chi connectivity index (χ4n) is 6.72. The summed E-state index contributed by atoms with van der Waals surface area (Å²) in [5.41, 5.74) is 11.9. The zero-order chi connectivity index (χ0) is 37.8. The number of hydrogen-bond acceptors (Lipinski definition) is 7. The molecule has 1 fully saturated rings. The summed E-state index contributed by atoms with van der Waals surface area (Å²) in [6.45, 7) is 9.59. The Morgan fingerprint density at radius 3 is 2.08 bits per heavy atom. The van der Waals surface area contributed by atoms with Gasteiger partial charge in [-0.25, -0.2) is 4.98 Å². The topological polar surface area (TPSA) is 155 Å². The molecule has 0 unspecified atom stereocenters. The molecule has 4 amide bonds. The first-order chi connectivity index (χ1) is 24.7. The van der Waals surface area contributed by atoms with E-state index in [1.54, 1.807) is 11.3 Å². The maximum absolute atomic E-state index is 14.0. The first-order valence-corrected chi connectivity index (χ1v) is 19.6. The molecule has 11 heteroatoms. The third-order valence-electron chi connectivity index (χ3n) is 9.84. The number of benzene rings is 2. The lowest BCUT2D eigenvalue weighted by Gasteiger charge is -2.35. The molecule has 5 N–H and O–H groups in total. The van der Waals surface area contributed by atoms with Gasteiger partial charge in [0.05, 0.1) is 28.2 Å². The van der Waals surface area contributed by atoms with Crippen molar-refractivity contribution in [2.75, 3.05) is 6.54 Å². The summed E-state index contributed by atoms with van der Waals surface area (Å²) in [4.78, 5) is 58.4. The smallest absolute Gasteiger partial charge is 0.246 e. The minimum Gasteiger partial charge on any atom is -0.391 e. The summed E-state index contributed by atoms with van der Waals surface area (Å²) < 4.78 is 0. The third-order valence-corrected chi connectivity index (χ3v) is 10.8. The van der Waals surface area contributed by atoms with Gasteiger partial charge in [0.15, 0.2) is 0 Å². The Labute approximate surface area is 313 Å². The lowest BCUT2D eigenvalue weighted by molar-refractivity contribution is -0.144. The number of aryl methyl sites for hydroxylation is 3. The lowest BCUT2D eigenvalue weighted by Crippen LogP contribution is -2.57. The standard InChI is InChI=1S/C41H57N5O5S/c1-27(31-20-22-32(23-21-31)37-28(2)43-26-52-37)44-39(50)34-24-33(47)25-46(34)40(51)38(41(3,4)5)45-36(49)15-11-10-13-30-18-16-29(17-19-30)12-8-6-7-9-14-35(42)48/h16-23,26-27,33-34,38,47H,6-15,24-25H2,1-5H3,(H2,42,48)(H,44,50)(H,45,49)/t27-,33+,34-,38+/m0/s1. The molecule has 1 aliphatic heterocycles. The fourth-order valence-corrected chi connectivity index (χ4v) is 7.53. The van der Waals surface area contributed by atoms with Gasteiger partial charge in [0.25, 0.3) is 0 Å². The Balaban J connectivity index is 1.25. The number of aliphatic hydroxyl groups is 1. The van der Waals surface area contributed by atoms with Crippen molar-refractivity contribution in [2.24, 2.45) is 11.1 Å². The summed E-state index contributed by atoms with van der Waals surface area (Å²) in [5, 5.41) is 16.6. The Bertz CT molecular complexity index is 1630. The molecule has 4 rings (SSSR count). The maximum Gasteiger partial charge on any atom is 0.246 e. The average molecular weight is 732 g/mol. The molecule has 2 aromatic carbocycles. The molecular formula is C41H57N5O5S. The van der Waals surface area contributed by atoms with E-state index >= 15 is 0 Å². The number of nitrogens with two attached hydrogens (primary N) is 1. The molecule has 282 valence electrons. The van der Waals surface area contributed by atoms with Crippen molar-refractivity contribution in [3.8, 4) is 10.4 Å². The molecule has 10 nitrogen and oxygen atoms in total. The number of carbonyl (C=O) groups excluding carboxylic acids is 4. The van der Waals surface area contributed by atoms with Crippen LogP contribution in [0.4, 0.5) is 0 Å².